The van der Waals surface area contributed by atoms with E-state index in [9.17, 15) is 14.4 Å². The van der Waals surface area contributed by atoms with Gasteiger partial charge >= 0.3 is 0 Å². The van der Waals surface area contributed by atoms with E-state index in [-0.39, 0.29) is 24.7 Å². The number of nitrogens with one attached hydrogen (secondary N) is 1. The monoisotopic (exact) mass is 456 g/mol. The van der Waals surface area contributed by atoms with Crippen molar-refractivity contribution in [1.82, 2.24) is 10.4 Å². The quantitative estimate of drug-likeness (QED) is 0.157. The highest BCUT2D eigenvalue weighted by molar-refractivity contribution is 14.1. The number of hydrogen-bond donors (Lipinski definition) is 2. The van der Waals surface area contributed by atoms with Gasteiger partial charge in [0.15, 0.2) is 0 Å². The van der Waals surface area contributed by atoms with Gasteiger partial charge in [-0.2, -0.15) is 0 Å². The Labute approximate surface area is 160 Å². The van der Waals surface area contributed by atoms with Crippen molar-refractivity contribution >= 4 is 46.4 Å². The van der Waals surface area contributed by atoms with Crippen LogP contribution in [0.2, 0.25) is 0 Å². The molecule has 1 aromatic rings. The Kier molecular flexibility index (Phi) is 7.57. The number of carbonyl (C=O) groups excluding carboxylic acids is 3. The molecular formula is C18H21IN2O4. The van der Waals surface area contributed by atoms with Crippen molar-refractivity contribution in [3.63, 3.8) is 0 Å². The fourth-order valence-electron chi connectivity index (χ4n) is 2.72. The first-order chi connectivity index (χ1) is 12.0. The van der Waals surface area contributed by atoms with Crippen LogP contribution in [0.15, 0.2) is 29.8 Å². The Morgan fingerprint density at radius 2 is 2.00 bits per heavy atom. The first-order valence-electron chi connectivity index (χ1n) is 8.25. The van der Waals surface area contributed by atoms with Crippen molar-refractivity contribution in [2.45, 2.75) is 38.5 Å². The lowest BCUT2D eigenvalue weighted by Gasteiger charge is -2.13. The maximum atomic E-state index is 12.4. The molecule has 0 atom stereocenters. The summed E-state index contributed by atoms with van der Waals surface area (Å²) in [5.41, 5.74) is 3.05. The number of hydrogen-bond acceptors (Lipinski definition) is 4. The number of amides is 3. The summed E-state index contributed by atoms with van der Waals surface area (Å²) in [7, 11) is 0. The molecule has 25 heavy (non-hydrogen) atoms. The Hall–Kier alpha value is -1.74. The van der Waals surface area contributed by atoms with E-state index in [2.05, 4.69) is 22.6 Å². The highest BCUT2D eigenvalue weighted by atomic mass is 127. The molecule has 134 valence electrons. The molecule has 2 N–H and O–H groups in total. The second-order valence-electron chi connectivity index (χ2n) is 5.95. The largest absolute Gasteiger partial charge is 0.289 e. The van der Waals surface area contributed by atoms with Crippen molar-refractivity contribution < 1.29 is 19.6 Å². The van der Waals surface area contributed by atoms with E-state index in [0.29, 0.717) is 18.5 Å². The summed E-state index contributed by atoms with van der Waals surface area (Å²) < 4.78 is 1.08. The summed E-state index contributed by atoms with van der Waals surface area (Å²) in [5, 5.41) is 8.40. The summed E-state index contributed by atoms with van der Waals surface area (Å²) >= 11 is 2.21. The van der Waals surface area contributed by atoms with Crippen LogP contribution in [0.25, 0.3) is 6.08 Å². The first kappa shape index (κ1) is 19.6. The SMILES string of the molecule is O=C(CCCCCCN1C(=O)C/C(=C\c2cccc(I)c2)C1=O)NO. The third-order valence-corrected chi connectivity index (χ3v) is 4.68. The average molecular weight is 456 g/mol. The number of unbranched alkanes of at least 4 members (excludes halogenated alkanes) is 3. The van der Waals surface area contributed by atoms with Gasteiger partial charge in [0.1, 0.15) is 0 Å². The number of benzene rings is 1. The van der Waals surface area contributed by atoms with Gasteiger partial charge in [-0.3, -0.25) is 24.5 Å². The van der Waals surface area contributed by atoms with Crippen LogP contribution >= 0.6 is 22.6 Å². The number of hydroxylamine groups is 1. The molecule has 3 amide bonds. The molecule has 1 aliphatic rings. The first-order valence-corrected chi connectivity index (χ1v) is 9.33. The van der Waals surface area contributed by atoms with E-state index >= 15 is 0 Å². The van der Waals surface area contributed by atoms with Crippen LogP contribution in [0.3, 0.4) is 0 Å². The van der Waals surface area contributed by atoms with Crippen molar-refractivity contribution in [2.75, 3.05) is 6.54 Å². The average Bonchev–Trinajstić information content (AvgIpc) is 2.84. The number of imide groups is 1. The highest BCUT2D eigenvalue weighted by Gasteiger charge is 2.32. The van der Waals surface area contributed by atoms with Crippen LogP contribution in [0.1, 0.15) is 44.1 Å². The molecule has 0 spiro atoms. The van der Waals surface area contributed by atoms with Crippen LogP contribution < -0.4 is 5.48 Å². The molecule has 1 fully saturated rings. The van der Waals surface area contributed by atoms with Gasteiger partial charge in [0, 0.05) is 22.1 Å². The number of likely N-dealkylation sites (tertiary alicyclic amines) is 1. The summed E-state index contributed by atoms with van der Waals surface area (Å²) in [5.74, 6) is -0.750. The maximum Gasteiger partial charge on any atom is 0.256 e. The van der Waals surface area contributed by atoms with Crippen LogP contribution in [0.4, 0.5) is 0 Å². The maximum absolute atomic E-state index is 12.4. The number of nitrogens with zero attached hydrogens (tertiary/aromatic N) is 1. The van der Waals surface area contributed by atoms with Crippen LogP contribution in [-0.4, -0.2) is 34.4 Å². The van der Waals surface area contributed by atoms with Crippen molar-refractivity contribution in [1.29, 1.82) is 0 Å². The van der Waals surface area contributed by atoms with Gasteiger partial charge in [0.05, 0.1) is 6.42 Å². The topological polar surface area (TPSA) is 86.7 Å². The minimum Gasteiger partial charge on any atom is -0.289 e. The molecule has 6 nitrogen and oxygen atoms in total. The Bertz CT molecular complexity index is 687. The molecule has 7 heteroatoms. The molecule has 0 saturated carbocycles. The highest BCUT2D eigenvalue weighted by Crippen LogP contribution is 2.23. The molecule has 0 aromatic heterocycles. The Morgan fingerprint density at radius 3 is 2.72 bits per heavy atom. The predicted octanol–water partition coefficient (Wildman–Crippen LogP) is 2.89. The number of halogens is 1. The molecule has 0 radical (unpaired) electrons. The van der Waals surface area contributed by atoms with Crippen molar-refractivity contribution in [3.8, 4) is 0 Å². The van der Waals surface area contributed by atoms with Crippen molar-refractivity contribution in [3.05, 3.63) is 39.0 Å². The van der Waals surface area contributed by atoms with Gasteiger partial charge in [-0.1, -0.05) is 25.0 Å². The number of rotatable bonds is 8. The van der Waals surface area contributed by atoms with Gasteiger partial charge < -0.3 is 0 Å². The zero-order chi connectivity index (χ0) is 18.2. The van der Waals surface area contributed by atoms with Gasteiger partial charge in [-0.05, 0) is 59.2 Å². The van der Waals surface area contributed by atoms with Gasteiger partial charge in [0.25, 0.3) is 5.91 Å². The van der Waals surface area contributed by atoms with E-state index in [0.717, 1.165) is 28.4 Å². The minimum absolute atomic E-state index is 0.151. The third-order valence-electron chi connectivity index (χ3n) is 4.01. The molecule has 1 saturated heterocycles. The van der Waals surface area contributed by atoms with Gasteiger partial charge in [-0.15, -0.1) is 0 Å². The molecular weight excluding hydrogens is 435 g/mol. The lowest BCUT2D eigenvalue weighted by atomic mass is 10.1. The summed E-state index contributed by atoms with van der Waals surface area (Å²) in [6.07, 6.45) is 5.25. The zero-order valence-corrected chi connectivity index (χ0v) is 16.0. The third kappa shape index (κ3) is 5.93. The molecule has 1 aromatic carbocycles. The molecule has 0 unspecified atom stereocenters. The Balaban J connectivity index is 1.82. The fraction of sp³-hybridized carbons (Fsp3) is 0.389. The van der Waals surface area contributed by atoms with Crippen LogP contribution in [0, 0.1) is 3.57 Å². The van der Waals surface area contributed by atoms with E-state index in [1.165, 1.54) is 4.90 Å². The fourth-order valence-corrected chi connectivity index (χ4v) is 3.29. The second-order valence-corrected chi connectivity index (χ2v) is 7.20. The zero-order valence-electron chi connectivity index (χ0n) is 13.8. The Morgan fingerprint density at radius 1 is 1.24 bits per heavy atom. The number of carbonyl (C=O) groups is 3. The summed E-state index contributed by atoms with van der Waals surface area (Å²) in [6, 6.07) is 7.78. The molecule has 0 bridgehead atoms. The normalized spacial score (nSPS) is 15.9. The lowest BCUT2D eigenvalue weighted by Crippen LogP contribution is -2.30. The minimum atomic E-state index is -0.393. The van der Waals surface area contributed by atoms with E-state index < -0.39 is 5.91 Å². The van der Waals surface area contributed by atoms with Crippen LogP contribution in [0.5, 0.6) is 0 Å². The molecule has 1 heterocycles. The van der Waals surface area contributed by atoms with E-state index in [1.807, 2.05) is 24.3 Å². The van der Waals surface area contributed by atoms with Crippen LogP contribution in [-0.2, 0) is 14.4 Å². The van der Waals surface area contributed by atoms with E-state index in [1.54, 1.807) is 11.6 Å². The standard InChI is InChI=1S/C18H21IN2O4/c19-15-7-5-6-13(11-15)10-14-12-17(23)21(18(14)24)9-4-2-1-3-8-16(22)20-25/h5-7,10-11,25H,1-4,8-9,12H2,(H,20,22)/b14-10+. The second kappa shape index (κ2) is 9.67. The molecule has 1 aliphatic heterocycles. The van der Waals surface area contributed by atoms with Gasteiger partial charge in [0.2, 0.25) is 11.8 Å². The van der Waals surface area contributed by atoms with Crippen molar-refractivity contribution in [2.24, 2.45) is 0 Å². The lowest BCUT2D eigenvalue weighted by molar-refractivity contribution is -0.137. The summed E-state index contributed by atoms with van der Waals surface area (Å²) in [6.45, 7) is 0.410. The molecule has 2 rings (SSSR count). The smallest absolute Gasteiger partial charge is 0.256 e. The van der Waals surface area contributed by atoms with E-state index in [4.69, 9.17) is 5.21 Å². The predicted molar refractivity (Wildman–Crippen MR) is 101 cm³/mol. The summed E-state index contributed by atoms with van der Waals surface area (Å²) in [4.78, 5) is 36.7. The van der Waals surface area contributed by atoms with Gasteiger partial charge in [-0.25, -0.2) is 5.48 Å². The molecule has 0 aliphatic carbocycles.